The monoisotopic (exact) mass is 426 g/mol. The van der Waals surface area contributed by atoms with Gasteiger partial charge in [-0.05, 0) is 65.2 Å². The Bertz CT molecular complexity index is 947. The molecule has 138 valence electrons. The van der Waals surface area contributed by atoms with Crippen molar-refractivity contribution in [3.05, 3.63) is 87.8 Å². The molecule has 2 amide bonds. The van der Waals surface area contributed by atoms with Crippen LogP contribution < -0.4 is 10.6 Å². The van der Waals surface area contributed by atoms with Gasteiger partial charge in [-0.15, -0.1) is 0 Å². The summed E-state index contributed by atoms with van der Waals surface area (Å²) >= 11 is 3.36. The summed E-state index contributed by atoms with van der Waals surface area (Å²) in [6.07, 6.45) is 1.47. The largest absolute Gasteiger partial charge is 0.467 e. The molecule has 0 saturated heterocycles. The van der Waals surface area contributed by atoms with E-state index in [0.717, 1.165) is 16.8 Å². The van der Waals surface area contributed by atoms with E-state index in [2.05, 4.69) is 26.6 Å². The number of carbonyl (C=O) groups excluding carboxylic acids is 2. The van der Waals surface area contributed by atoms with Gasteiger partial charge in [0.05, 0.1) is 11.8 Å². The topological polar surface area (TPSA) is 71.3 Å². The fourth-order valence-electron chi connectivity index (χ4n) is 2.78. The normalized spacial score (nSPS) is 11.7. The quantitative estimate of drug-likeness (QED) is 0.616. The molecule has 6 heteroatoms. The summed E-state index contributed by atoms with van der Waals surface area (Å²) in [5.41, 5.74) is 3.06. The molecule has 0 radical (unpaired) electrons. The van der Waals surface area contributed by atoms with Gasteiger partial charge in [0.2, 0.25) is 0 Å². The van der Waals surface area contributed by atoms with E-state index in [9.17, 15) is 9.59 Å². The number of hydrogen-bond acceptors (Lipinski definition) is 3. The first-order valence-corrected chi connectivity index (χ1v) is 9.22. The van der Waals surface area contributed by atoms with Crippen molar-refractivity contribution in [2.24, 2.45) is 0 Å². The number of amides is 2. The number of halogens is 1. The predicted octanol–water partition coefficient (Wildman–Crippen LogP) is 4.77. The highest BCUT2D eigenvalue weighted by atomic mass is 79.9. The van der Waals surface area contributed by atoms with E-state index in [4.69, 9.17) is 4.42 Å². The molecule has 2 N–H and O–H groups in total. The summed E-state index contributed by atoms with van der Waals surface area (Å²) in [4.78, 5) is 25.7. The Morgan fingerprint density at radius 1 is 0.963 bits per heavy atom. The Balaban J connectivity index is 1.87. The van der Waals surface area contributed by atoms with E-state index in [0.29, 0.717) is 15.8 Å². The van der Waals surface area contributed by atoms with Crippen molar-refractivity contribution < 1.29 is 14.0 Å². The summed E-state index contributed by atoms with van der Waals surface area (Å²) in [5.74, 6) is -0.387. The number of anilines is 1. The minimum atomic E-state index is -0.960. The van der Waals surface area contributed by atoms with Crippen LogP contribution >= 0.6 is 15.9 Å². The highest BCUT2D eigenvalue weighted by Gasteiger charge is 2.27. The summed E-state index contributed by atoms with van der Waals surface area (Å²) in [5, 5.41) is 5.67. The lowest BCUT2D eigenvalue weighted by atomic mass is 10.1. The lowest BCUT2D eigenvalue weighted by molar-refractivity contribution is -0.118. The number of carbonyl (C=O) groups is 2. The van der Waals surface area contributed by atoms with Crippen LogP contribution in [-0.4, -0.2) is 11.8 Å². The number of benzene rings is 2. The highest BCUT2D eigenvalue weighted by molar-refractivity contribution is 9.10. The SMILES string of the molecule is Cc1cccc(C)c1NC(=O)[C@H](NC(=O)c1ccccc1Br)c1ccco1. The maximum atomic E-state index is 13.0. The van der Waals surface area contributed by atoms with E-state index in [1.54, 1.807) is 30.3 Å². The van der Waals surface area contributed by atoms with Crippen molar-refractivity contribution in [2.45, 2.75) is 19.9 Å². The summed E-state index contributed by atoms with van der Waals surface area (Å²) in [6.45, 7) is 3.84. The Labute approximate surface area is 165 Å². The minimum Gasteiger partial charge on any atom is -0.467 e. The van der Waals surface area contributed by atoms with Crippen LogP contribution in [0.3, 0.4) is 0 Å². The van der Waals surface area contributed by atoms with Gasteiger partial charge in [0.25, 0.3) is 11.8 Å². The molecule has 0 unspecified atom stereocenters. The minimum absolute atomic E-state index is 0.360. The van der Waals surface area contributed by atoms with Gasteiger partial charge in [0.1, 0.15) is 5.76 Å². The first-order chi connectivity index (χ1) is 13.0. The molecule has 0 saturated carbocycles. The summed E-state index contributed by atoms with van der Waals surface area (Å²) < 4.78 is 6.04. The van der Waals surface area contributed by atoms with E-state index in [1.807, 2.05) is 38.1 Å². The molecule has 3 rings (SSSR count). The van der Waals surface area contributed by atoms with Crippen molar-refractivity contribution in [2.75, 3.05) is 5.32 Å². The van der Waals surface area contributed by atoms with Crippen LogP contribution in [-0.2, 0) is 4.79 Å². The Morgan fingerprint density at radius 3 is 2.30 bits per heavy atom. The standard InChI is InChI=1S/C21H19BrN2O3/c1-13-7-5-8-14(2)18(13)23-21(26)19(17-11-6-12-27-17)24-20(25)15-9-3-4-10-16(15)22/h3-12,19H,1-2H3,(H,23,26)(H,24,25)/t19-/m1/s1. The molecule has 2 aromatic carbocycles. The average molecular weight is 427 g/mol. The number of para-hydroxylation sites is 1. The highest BCUT2D eigenvalue weighted by Crippen LogP contribution is 2.23. The number of aryl methyl sites for hydroxylation is 2. The molecule has 1 atom stereocenters. The van der Waals surface area contributed by atoms with Gasteiger partial charge >= 0.3 is 0 Å². The van der Waals surface area contributed by atoms with Crippen LogP contribution in [0.1, 0.15) is 33.3 Å². The lowest BCUT2D eigenvalue weighted by Gasteiger charge is -2.19. The zero-order chi connectivity index (χ0) is 19.4. The Hall–Kier alpha value is -2.86. The van der Waals surface area contributed by atoms with Crippen LogP contribution in [0.4, 0.5) is 5.69 Å². The maximum absolute atomic E-state index is 13.0. The first kappa shape index (κ1) is 18.9. The molecular formula is C21H19BrN2O3. The van der Waals surface area contributed by atoms with Crippen LogP contribution in [0.2, 0.25) is 0 Å². The van der Waals surface area contributed by atoms with Crippen molar-refractivity contribution in [1.82, 2.24) is 5.32 Å². The fraction of sp³-hybridized carbons (Fsp3) is 0.143. The molecule has 0 aliphatic rings. The van der Waals surface area contributed by atoms with Gasteiger partial charge in [0, 0.05) is 10.2 Å². The molecule has 0 fully saturated rings. The molecule has 1 heterocycles. The van der Waals surface area contributed by atoms with E-state index in [1.165, 1.54) is 6.26 Å². The van der Waals surface area contributed by atoms with Gasteiger partial charge < -0.3 is 15.1 Å². The second-order valence-corrected chi connectivity index (χ2v) is 7.01. The van der Waals surface area contributed by atoms with Crippen LogP contribution in [0.15, 0.2) is 69.8 Å². The number of furan rings is 1. The van der Waals surface area contributed by atoms with Gasteiger partial charge in [-0.2, -0.15) is 0 Å². The molecular weight excluding hydrogens is 408 g/mol. The molecule has 0 aliphatic carbocycles. The van der Waals surface area contributed by atoms with Crippen LogP contribution in [0.25, 0.3) is 0 Å². The Kier molecular flexibility index (Phi) is 5.76. The van der Waals surface area contributed by atoms with Crippen molar-refractivity contribution >= 4 is 33.4 Å². The van der Waals surface area contributed by atoms with Crippen LogP contribution in [0, 0.1) is 13.8 Å². The molecule has 3 aromatic rings. The van der Waals surface area contributed by atoms with Crippen molar-refractivity contribution in [3.63, 3.8) is 0 Å². The zero-order valence-corrected chi connectivity index (χ0v) is 16.5. The second kappa shape index (κ2) is 8.22. The molecule has 0 spiro atoms. The number of nitrogens with one attached hydrogen (secondary N) is 2. The Morgan fingerprint density at radius 2 is 1.67 bits per heavy atom. The first-order valence-electron chi connectivity index (χ1n) is 8.43. The number of rotatable bonds is 5. The van der Waals surface area contributed by atoms with Crippen molar-refractivity contribution in [1.29, 1.82) is 0 Å². The molecule has 0 aliphatic heterocycles. The second-order valence-electron chi connectivity index (χ2n) is 6.16. The summed E-state index contributed by atoms with van der Waals surface area (Å²) in [6, 6.07) is 15.2. The average Bonchev–Trinajstić information content (AvgIpc) is 3.17. The third-order valence-corrected chi connectivity index (χ3v) is 4.90. The molecule has 1 aromatic heterocycles. The molecule has 27 heavy (non-hydrogen) atoms. The van der Waals surface area contributed by atoms with E-state index in [-0.39, 0.29) is 11.8 Å². The number of hydrogen-bond donors (Lipinski definition) is 2. The summed E-state index contributed by atoms with van der Waals surface area (Å²) in [7, 11) is 0. The van der Waals surface area contributed by atoms with Gasteiger partial charge in [-0.1, -0.05) is 30.3 Å². The van der Waals surface area contributed by atoms with Gasteiger partial charge in [-0.25, -0.2) is 0 Å². The van der Waals surface area contributed by atoms with E-state index >= 15 is 0 Å². The van der Waals surface area contributed by atoms with Gasteiger partial charge in [-0.3, -0.25) is 9.59 Å². The molecule has 5 nitrogen and oxygen atoms in total. The maximum Gasteiger partial charge on any atom is 0.254 e. The fourth-order valence-corrected chi connectivity index (χ4v) is 3.25. The lowest BCUT2D eigenvalue weighted by Crippen LogP contribution is -2.37. The van der Waals surface area contributed by atoms with Gasteiger partial charge in [0.15, 0.2) is 6.04 Å². The zero-order valence-electron chi connectivity index (χ0n) is 15.0. The third-order valence-electron chi connectivity index (χ3n) is 4.21. The smallest absolute Gasteiger partial charge is 0.254 e. The predicted molar refractivity (Wildman–Crippen MR) is 108 cm³/mol. The van der Waals surface area contributed by atoms with Crippen LogP contribution in [0.5, 0.6) is 0 Å². The van der Waals surface area contributed by atoms with E-state index < -0.39 is 6.04 Å². The molecule has 0 bridgehead atoms. The third kappa shape index (κ3) is 4.28. The van der Waals surface area contributed by atoms with Crippen molar-refractivity contribution in [3.8, 4) is 0 Å².